The summed E-state index contributed by atoms with van der Waals surface area (Å²) in [6.45, 7) is 0.514. The molecule has 138 valence electrons. The number of nitro groups is 2. The van der Waals surface area contributed by atoms with Crippen molar-refractivity contribution in [1.29, 1.82) is 0 Å². The molecule has 0 N–H and O–H groups in total. The van der Waals surface area contributed by atoms with Crippen molar-refractivity contribution in [2.75, 3.05) is 17.2 Å². The lowest BCUT2D eigenvalue weighted by Gasteiger charge is -2.22. The van der Waals surface area contributed by atoms with Crippen LogP contribution >= 0.6 is 23.4 Å². The lowest BCUT2D eigenvalue weighted by atomic mass is 10.1. The van der Waals surface area contributed by atoms with Gasteiger partial charge in [0.2, 0.25) is 0 Å². The molecule has 27 heavy (non-hydrogen) atoms. The molecule has 0 unspecified atom stereocenters. The third-order valence-corrected chi connectivity index (χ3v) is 4.95. The second-order valence-electron chi connectivity index (χ2n) is 5.35. The highest BCUT2D eigenvalue weighted by atomic mass is 35.5. The van der Waals surface area contributed by atoms with E-state index in [1.54, 1.807) is 0 Å². The summed E-state index contributed by atoms with van der Waals surface area (Å²) >= 11 is 7.19. The van der Waals surface area contributed by atoms with Crippen LogP contribution in [0.3, 0.4) is 0 Å². The Labute approximate surface area is 161 Å². The first-order chi connectivity index (χ1) is 12.9. The van der Waals surface area contributed by atoms with Crippen LogP contribution in [0.2, 0.25) is 5.02 Å². The van der Waals surface area contributed by atoms with Crippen molar-refractivity contribution in [2.24, 2.45) is 4.99 Å². The predicted molar refractivity (Wildman–Crippen MR) is 103 cm³/mol. The monoisotopic (exact) mass is 406 g/mol. The minimum atomic E-state index is -0.635. The summed E-state index contributed by atoms with van der Waals surface area (Å²) in [5.74, 6) is 0.171. The zero-order valence-electron chi connectivity index (χ0n) is 13.6. The van der Waals surface area contributed by atoms with Gasteiger partial charge in [0.1, 0.15) is 5.02 Å². The maximum Gasteiger partial charge on any atom is 0.289 e. The molecule has 1 aliphatic heterocycles. The van der Waals surface area contributed by atoms with Gasteiger partial charge in [0.25, 0.3) is 17.3 Å². The summed E-state index contributed by atoms with van der Waals surface area (Å²) in [7, 11) is 0. The van der Waals surface area contributed by atoms with Crippen LogP contribution in [0.4, 0.5) is 17.1 Å². The van der Waals surface area contributed by atoms with E-state index < -0.39 is 15.8 Å². The third kappa shape index (κ3) is 3.91. The van der Waals surface area contributed by atoms with E-state index in [-0.39, 0.29) is 27.6 Å². The molecule has 2 aromatic rings. The van der Waals surface area contributed by atoms with E-state index in [1.165, 1.54) is 59.1 Å². The van der Waals surface area contributed by atoms with Gasteiger partial charge in [0.15, 0.2) is 5.17 Å². The number of hydrogen-bond acceptors (Lipinski definition) is 7. The maximum atomic E-state index is 13.0. The highest BCUT2D eigenvalue weighted by Crippen LogP contribution is 2.32. The van der Waals surface area contributed by atoms with Crippen molar-refractivity contribution < 1.29 is 14.6 Å². The molecule has 0 atom stereocenters. The Balaban J connectivity index is 2.04. The third-order valence-electron chi connectivity index (χ3n) is 3.67. The molecule has 0 saturated carbocycles. The maximum absolute atomic E-state index is 13.0. The molecule has 3 rings (SSSR count). The second-order valence-corrected chi connectivity index (χ2v) is 6.82. The zero-order valence-corrected chi connectivity index (χ0v) is 15.1. The Hall–Kier alpha value is -2.98. The average molecular weight is 407 g/mol. The highest BCUT2D eigenvalue weighted by Gasteiger charge is 2.28. The van der Waals surface area contributed by atoms with Crippen molar-refractivity contribution in [1.82, 2.24) is 0 Å². The largest absolute Gasteiger partial charge is 0.289 e. The van der Waals surface area contributed by atoms with Crippen LogP contribution in [-0.2, 0) is 0 Å². The van der Waals surface area contributed by atoms with Gasteiger partial charge in [-0.05, 0) is 24.3 Å². The fourth-order valence-electron chi connectivity index (χ4n) is 2.41. The first-order valence-corrected chi connectivity index (χ1v) is 8.95. The van der Waals surface area contributed by atoms with Crippen molar-refractivity contribution in [3.8, 4) is 0 Å². The molecule has 1 aliphatic rings. The summed E-state index contributed by atoms with van der Waals surface area (Å²) in [4.78, 5) is 39.3. The van der Waals surface area contributed by atoms with E-state index in [2.05, 4.69) is 4.99 Å². The number of carbonyl (C=O) groups excluding carboxylic acids is 1. The number of rotatable bonds is 4. The van der Waals surface area contributed by atoms with Gasteiger partial charge in [-0.1, -0.05) is 23.4 Å². The molecule has 0 radical (unpaired) electrons. The quantitative estimate of drug-likeness (QED) is 0.561. The molecular weight excluding hydrogens is 396 g/mol. The minimum Gasteiger partial charge on any atom is -0.268 e. The first-order valence-electron chi connectivity index (χ1n) is 7.58. The zero-order chi connectivity index (χ0) is 19.6. The molecule has 1 amide bonds. The fourth-order valence-corrected chi connectivity index (χ4v) is 3.46. The lowest BCUT2D eigenvalue weighted by Crippen LogP contribution is -2.34. The van der Waals surface area contributed by atoms with Gasteiger partial charge in [-0.15, -0.1) is 0 Å². The van der Waals surface area contributed by atoms with Crippen LogP contribution in [0.1, 0.15) is 10.4 Å². The number of benzene rings is 2. The molecule has 0 aromatic heterocycles. The molecule has 2 aromatic carbocycles. The highest BCUT2D eigenvalue weighted by molar-refractivity contribution is 8.14. The van der Waals surface area contributed by atoms with Crippen LogP contribution in [0, 0.1) is 20.2 Å². The number of hydrogen-bond donors (Lipinski definition) is 0. The number of anilines is 1. The van der Waals surface area contributed by atoms with E-state index in [9.17, 15) is 25.0 Å². The number of amidine groups is 1. The van der Waals surface area contributed by atoms with Gasteiger partial charge in [0, 0.05) is 29.5 Å². The minimum absolute atomic E-state index is 0.0486. The van der Waals surface area contributed by atoms with Gasteiger partial charge in [-0.3, -0.25) is 34.9 Å². The van der Waals surface area contributed by atoms with Crippen LogP contribution in [-0.4, -0.2) is 33.2 Å². The van der Waals surface area contributed by atoms with Crippen molar-refractivity contribution in [3.05, 3.63) is 73.3 Å². The molecule has 0 bridgehead atoms. The summed E-state index contributed by atoms with van der Waals surface area (Å²) in [5, 5.41) is 22.3. The Morgan fingerprint density at radius 1 is 1.11 bits per heavy atom. The van der Waals surface area contributed by atoms with Crippen LogP contribution in [0.25, 0.3) is 0 Å². The van der Waals surface area contributed by atoms with Crippen molar-refractivity contribution >= 4 is 51.5 Å². The standard InChI is InChI=1S/C16H11ClN4O5S/c17-13-6-5-12(9-14(13)21(25)26)19(16-18-7-8-27-16)15(22)10-1-3-11(4-2-10)20(23)24/h1-6,9H,7-8H2. The summed E-state index contributed by atoms with van der Waals surface area (Å²) in [6, 6.07) is 9.13. The van der Waals surface area contributed by atoms with Gasteiger partial charge in [-0.25, -0.2) is 0 Å². The molecule has 0 spiro atoms. The smallest absolute Gasteiger partial charge is 0.268 e. The van der Waals surface area contributed by atoms with E-state index in [0.717, 1.165) is 0 Å². The van der Waals surface area contributed by atoms with Gasteiger partial charge >= 0.3 is 0 Å². The average Bonchev–Trinajstić information content (AvgIpc) is 3.17. The SMILES string of the molecule is O=C(c1ccc([N+](=O)[O-])cc1)N(C1=NCCS1)c1ccc(Cl)c([N+](=O)[O-])c1. The summed E-state index contributed by atoms with van der Waals surface area (Å²) in [5.41, 5.74) is -0.0527. The number of aliphatic imine (C=N–C) groups is 1. The van der Waals surface area contributed by atoms with E-state index >= 15 is 0 Å². The lowest BCUT2D eigenvalue weighted by molar-refractivity contribution is -0.385. The molecule has 9 nitrogen and oxygen atoms in total. The number of thioether (sulfide) groups is 1. The molecular formula is C16H11ClN4O5S. The van der Waals surface area contributed by atoms with Gasteiger partial charge in [-0.2, -0.15) is 0 Å². The van der Waals surface area contributed by atoms with Crippen molar-refractivity contribution in [2.45, 2.75) is 0 Å². The molecule has 11 heteroatoms. The molecule has 1 heterocycles. The van der Waals surface area contributed by atoms with E-state index in [0.29, 0.717) is 17.5 Å². The number of halogens is 1. The van der Waals surface area contributed by atoms with E-state index in [1.807, 2.05) is 0 Å². The topological polar surface area (TPSA) is 119 Å². The van der Waals surface area contributed by atoms with Gasteiger partial charge in [0.05, 0.1) is 22.1 Å². The van der Waals surface area contributed by atoms with Crippen LogP contribution < -0.4 is 4.90 Å². The van der Waals surface area contributed by atoms with Crippen molar-refractivity contribution in [3.63, 3.8) is 0 Å². The Morgan fingerprint density at radius 3 is 2.37 bits per heavy atom. The molecule has 0 fully saturated rings. The second kappa shape index (κ2) is 7.72. The number of amides is 1. The van der Waals surface area contributed by atoms with Crippen LogP contribution in [0.15, 0.2) is 47.5 Å². The number of nitro benzene ring substituents is 2. The Bertz CT molecular complexity index is 964. The molecule has 0 aliphatic carbocycles. The van der Waals surface area contributed by atoms with Gasteiger partial charge < -0.3 is 0 Å². The Morgan fingerprint density at radius 2 is 1.81 bits per heavy atom. The Kier molecular flexibility index (Phi) is 5.38. The summed E-state index contributed by atoms with van der Waals surface area (Å²) < 4.78 is 0. The number of non-ortho nitro benzene ring substituents is 1. The fraction of sp³-hybridized carbons (Fsp3) is 0.125. The van der Waals surface area contributed by atoms with E-state index in [4.69, 9.17) is 11.6 Å². The first kappa shape index (κ1) is 18.8. The molecule has 0 saturated heterocycles. The predicted octanol–water partition coefficient (Wildman–Crippen LogP) is 3.91. The number of nitrogens with zero attached hydrogens (tertiary/aromatic N) is 4. The normalized spacial score (nSPS) is 13.1. The van der Waals surface area contributed by atoms with Crippen LogP contribution in [0.5, 0.6) is 0 Å². The summed E-state index contributed by atoms with van der Waals surface area (Å²) in [6.07, 6.45) is 0. The number of carbonyl (C=O) groups is 1.